The molecule has 2 rings (SSSR count). The van der Waals surface area contributed by atoms with Gasteiger partial charge in [-0.1, -0.05) is 11.6 Å². The van der Waals surface area contributed by atoms with E-state index in [1.165, 1.54) is 6.07 Å². The van der Waals surface area contributed by atoms with Gasteiger partial charge in [0.2, 0.25) is 0 Å². The Balaban J connectivity index is 2.93. The molecule has 0 saturated heterocycles. The van der Waals surface area contributed by atoms with E-state index in [9.17, 15) is 4.39 Å². The molecule has 0 fully saturated rings. The van der Waals surface area contributed by atoms with Crippen molar-refractivity contribution in [2.75, 3.05) is 0 Å². The molecule has 0 saturated carbocycles. The van der Waals surface area contributed by atoms with Gasteiger partial charge in [-0.3, -0.25) is 4.68 Å². The van der Waals surface area contributed by atoms with Crippen molar-refractivity contribution in [3.8, 4) is 0 Å². The number of nitrogens with zero attached hydrogens (tertiary/aromatic N) is 2. The lowest BCUT2D eigenvalue weighted by atomic mass is 10.2. The van der Waals surface area contributed by atoms with Crippen LogP contribution in [0.25, 0.3) is 10.9 Å². The average Bonchev–Trinajstić information content (AvgIpc) is 2.41. The molecule has 0 radical (unpaired) electrons. The van der Waals surface area contributed by atoms with E-state index >= 15 is 0 Å². The van der Waals surface area contributed by atoms with Gasteiger partial charge in [0.05, 0.1) is 16.7 Å². The molecule has 62 valence electrons. The number of aromatic nitrogens is 2. The van der Waals surface area contributed by atoms with Gasteiger partial charge in [0.1, 0.15) is 5.82 Å². The monoisotopic (exact) mass is 184 g/mol. The third kappa shape index (κ3) is 0.898. The number of aryl methyl sites for hydroxylation is 1. The first-order chi connectivity index (χ1) is 5.70. The van der Waals surface area contributed by atoms with Crippen molar-refractivity contribution >= 4 is 22.5 Å². The van der Waals surface area contributed by atoms with Crippen LogP contribution in [0.15, 0.2) is 18.3 Å². The SMILES string of the molecule is Cn1ncc2c(Cl)c(F)ccc21. The molecule has 0 unspecified atom stereocenters. The molecule has 0 aliphatic rings. The molecule has 2 aromatic rings. The molecule has 12 heavy (non-hydrogen) atoms. The van der Waals surface area contributed by atoms with Gasteiger partial charge in [0.15, 0.2) is 0 Å². The highest BCUT2D eigenvalue weighted by molar-refractivity contribution is 6.35. The molecule has 4 heteroatoms. The summed E-state index contributed by atoms with van der Waals surface area (Å²) in [5.74, 6) is -0.405. The molecule has 0 aliphatic carbocycles. The summed E-state index contributed by atoms with van der Waals surface area (Å²) in [5, 5.41) is 4.75. The summed E-state index contributed by atoms with van der Waals surface area (Å²) in [6, 6.07) is 3.00. The Morgan fingerprint density at radius 1 is 1.50 bits per heavy atom. The maximum absolute atomic E-state index is 12.9. The van der Waals surface area contributed by atoms with Crippen LogP contribution in [0, 0.1) is 5.82 Å². The zero-order valence-electron chi connectivity index (χ0n) is 6.38. The molecule has 0 spiro atoms. The zero-order chi connectivity index (χ0) is 8.72. The summed E-state index contributed by atoms with van der Waals surface area (Å²) in [7, 11) is 1.79. The molecule has 1 aromatic carbocycles. The molecule has 0 aliphatic heterocycles. The van der Waals surface area contributed by atoms with Gasteiger partial charge >= 0.3 is 0 Å². The summed E-state index contributed by atoms with van der Waals surface area (Å²) >= 11 is 5.71. The lowest BCUT2D eigenvalue weighted by Gasteiger charge is -1.96. The van der Waals surface area contributed by atoms with E-state index < -0.39 is 5.82 Å². The quantitative estimate of drug-likeness (QED) is 0.615. The second-order valence-corrected chi connectivity index (χ2v) is 2.94. The van der Waals surface area contributed by atoms with E-state index in [-0.39, 0.29) is 5.02 Å². The first-order valence-corrected chi connectivity index (χ1v) is 3.83. The third-order valence-electron chi connectivity index (χ3n) is 1.82. The normalized spacial score (nSPS) is 10.9. The zero-order valence-corrected chi connectivity index (χ0v) is 7.14. The van der Waals surface area contributed by atoms with E-state index in [0.29, 0.717) is 5.39 Å². The number of rotatable bonds is 0. The smallest absolute Gasteiger partial charge is 0.142 e. The highest BCUT2D eigenvalue weighted by Crippen LogP contribution is 2.25. The number of hydrogen-bond donors (Lipinski definition) is 0. The number of benzene rings is 1. The maximum atomic E-state index is 12.9. The van der Waals surface area contributed by atoms with Crippen LogP contribution in [0.2, 0.25) is 5.02 Å². The summed E-state index contributed by atoms with van der Waals surface area (Å²) < 4.78 is 14.5. The average molecular weight is 185 g/mol. The van der Waals surface area contributed by atoms with Crippen LogP contribution in [0.4, 0.5) is 4.39 Å². The lowest BCUT2D eigenvalue weighted by molar-refractivity contribution is 0.630. The molecule has 1 aromatic heterocycles. The first-order valence-electron chi connectivity index (χ1n) is 3.46. The summed E-state index contributed by atoms with van der Waals surface area (Å²) in [6.07, 6.45) is 1.56. The standard InChI is InChI=1S/C8H6ClFN2/c1-12-7-3-2-6(10)8(9)5(7)4-11-12/h2-4H,1H3. The largest absolute Gasteiger partial charge is 0.268 e. The highest BCUT2D eigenvalue weighted by atomic mass is 35.5. The minimum Gasteiger partial charge on any atom is -0.268 e. The van der Waals surface area contributed by atoms with Crippen molar-refractivity contribution in [2.24, 2.45) is 7.05 Å². The molecular formula is C8H6ClFN2. The highest BCUT2D eigenvalue weighted by Gasteiger charge is 2.07. The van der Waals surface area contributed by atoms with Crippen molar-refractivity contribution < 1.29 is 4.39 Å². The number of halogens is 2. The van der Waals surface area contributed by atoms with Crippen LogP contribution in [-0.2, 0) is 7.05 Å². The Morgan fingerprint density at radius 2 is 2.25 bits per heavy atom. The van der Waals surface area contributed by atoms with Gasteiger partial charge in [-0.05, 0) is 12.1 Å². The van der Waals surface area contributed by atoms with Crippen LogP contribution >= 0.6 is 11.6 Å². The second-order valence-electron chi connectivity index (χ2n) is 2.56. The van der Waals surface area contributed by atoms with E-state index in [1.54, 1.807) is 24.0 Å². The number of fused-ring (bicyclic) bond motifs is 1. The van der Waals surface area contributed by atoms with E-state index in [2.05, 4.69) is 5.10 Å². The van der Waals surface area contributed by atoms with Gasteiger partial charge in [-0.15, -0.1) is 0 Å². The summed E-state index contributed by atoms with van der Waals surface area (Å²) in [6.45, 7) is 0. The second kappa shape index (κ2) is 2.45. The molecule has 0 atom stereocenters. The van der Waals surface area contributed by atoms with Crippen molar-refractivity contribution in [3.63, 3.8) is 0 Å². The molecule has 2 nitrogen and oxygen atoms in total. The van der Waals surface area contributed by atoms with Gasteiger partial charge in [-0.2, -0.15) is 5.10 Å². The minimum atomic E-state index is -0.405. The Hall–Kier alpha value is -1.09. The summed E-state index contributed by atoms with van der Waals surface area (Å²) in [5.41, 5.74) is 0.835. The molecule has 1 heterocycles. The van der Waals surface area contributed by atoms with E-state index in [1.807, 2.05) is 0 Å². The Morgan fingerprint density at radius 3 is 3.00 bits per heavy atom. The van der Waals surface area contributed by atoms with Crippen LogP contribution in [0.3, 0.4) is 0 Å². The van der Waals surface area contributed by atoms with Gasteiger partial charge in [-0.25, -0.2) is 4.39 Å². The van der Waals surface area contributed by atoms with E-state index in [4.69, 9.17) is 11.6 Å². The fourth-order valence-corrected chi connectivity index (χ4v) is 1.38. The molecule has 0 amide bonds. The minimum absolute atomic E-state index is 0.139. The van der Waals surface area contributed by atoms with Crippen molar-refractivity contribution in [2.45, 2.75) is 0 Å². The predicted octanol–water partition coefficient (Wildman–Crippen LogP) is 2.37. The van der Waals surface area contributed by atoms with Crippen molar-refractivity contribution in [1.82, 2.24) is 9.78 Å². The van der Waals surface area contributed by atoms with Gasteiger partial charge < -0.3 is 0 Å². The maximum Gasteiger partial charge on any atom is 0.142 e. The fourth-order valence-electron chi connectivity index (χ4n) is 1.17. The third-order valence-corrected chi connectivity index (χ3v) is 2.20. The summed E-state index contributed by atoms with van der Waals surface area (Å²) in [4.78, 5) is 0. The molecule has 0 N–H and O–H groups in total. The topological polar surface area (TPSA) is 17.8 Å². The van der Waals surface area contributed by atoms with Crippen LogP contribution in [0.5, 0.6) is 0 Å². The van der Waals surface area contributed by atoms with E-state index in [0.717, 1.165) is 5.52 Å². The molecule has 0 bridgehead atoms. The predicted molar refractivity (Wildman–Crippen MR) is 45.7 cm³/mol. The first kappa shape index (κ1) is 7.55. The van der Waals surface area contributed by atoms with Crippen molar-refractivity contribution in [3.05, 3.63) is 29.2 Å². The van der Waals surface area contributed by atoms with Crippen molar-refractivity contribution in [1.29, 1.82) is 0 Å². The number of hydrogen-bond acceptors (Lipinski definition) is 1. The van der Waals surface area contributed by atoms with Crippen LogP contribution in [-0.4, -0.2) is 9.78 Å². The fraction of sp³-hybridized carbons (Fsp3) is 0.125. The van der Waals surface area contributed by atoms with Gasteiger partial charge in [0, 0.05) is 12.4 Å². The molecular weight excluding hydrogens is 179 g/mol. The Kier molecular flexibility index (Phi) is 1.54. The van der Waals surface area contributed by atoms with Gasteiger partial charge in [0.25, 0.3) is 0 Å². The Labute approximate surface area is 73.6 Å². The lowest BCUT2D eigenvalue weighted by Crippen LogP contribution is -1.88. The van der Waals surface area contributed by atoms with Crippen LogP contribution < -0.4 is 0 Å². The Bertz CT molecular complexity index is 436. The van der Waals surface area contributed by atoms with Crippen LogP contribution in [0.1, 0.15) is 0 Å².